The molecule has 1 saturated heterocycles. The normalized spacial score (nSPS) is 18.7. The van der Waals surface area contributed by atoms with Gasteiger partial charge in [-0.05, 0) is 45.7 Å². The molecular formula is C20H33N5O. The summed E-state index contributed by atoms with van der Waals surface area (Å²) in [5, 5.41) is 6.69. The number of hydrogen-bond donors (Lipinski definition) is 3. The van der Waals surface area contributed by atoms with E-state index in [1.807, 2.05) is 20.8 Å². The Morgan fingerprint density at radius 2 is 2.04 bits per heavy atom. The molecule has 6 heteroatoms. The Hall–Kier alpha value is -2.08. The summed E-state index contributed by atoms with van der Waals surface area (Å²) in [5.41, 5.74) is 6.15. The second kappa shape index (κ2) is 9.57. The topological polar surface area (TPSA) is 82.7 Å². The minimum absolute atomic E-state index is 0.332. The molecule has 0 saturated carbocycles. The first-order valence-electron chi connectivity index (χ1n) is 9.52. The number of nitrogens with two attached hydrogens (primary N) is 1. The third-order valence-electron chi connectivity index (χ3n) is 4.88. The van der Waals surface area contributed by atoms with Crippen molar-refractivity contribution in [2.75, 3.05) is 26.2 Å². The van der Waals surface area contributed by atoms with E-state index in [1.165, 1.54) is 18.4 Å². The molecule has 26 heavy (non-hydrogen) atoms. The molecule has 144 valence electrons. The molecule has 1 unspecified atom stereocenters. The molecule has 6 nitrogen and oxygen atoms in total. The molecule has 1 atom stereocenters. The second-order valence-corrected chi connectivity index (χ2v) is 7.58. The molecule has 0 radical (unpaired) electrons. The fourth-order valence-corrected chi connectivity index (χ4v) is 3.06. The highest BCUT2D eigenvalue weighted by Gasteiger charge is 2.26. The highest BCUT2D eigenvalue weighted by atomic mass is 16.1. The lowest BCUT2D eigenvalue weighted by Crippen LogP contribution is -2.45. The lowest BCUT2D eigenvalue weighted by molar-refractivity contribution is -0.125. The molecule has 0 spiro atoms. The Bertz CT molecular complexity index is 599. The molecule has 2 rings (SSSR count). The number of nitrogens with zero attached hydrogens (tertiary/aromatic N) is 2. The van der Waals surface area contributed by atoms with Crippen LogP contribution < -0.4 is 16.4 Å². The minimum Gasteiger partial charge on any atom is -0.369 e. The Morgan fingerprint density at radius 1 is 1.31 bits per heavy atom. The van der Waals surface area contributed by atoms with Crippen LogP contribution in [0.2, 0.25) is 0 Å². The van der Waals surface area contributed by atoms with E-state index >= 15 is 0 Å². The molecule has 0 aliphatic carbocycles. The first-order valence-corrected chi connectivity index (χ1v) is 9.52. The molecule has 4 N–H and O–H groups in total. The molecule has 0 bridgehead atoms. The van der Waals surface area contributed by atoms with Crippen LogP contribution in [0, 0.1) is 5.41 Å². The lowest BCUT2D eigenvalue weighted by Gasteiger charge is -2.26. The third kappa shape index (κ3) is 6.02. The summed E-state index contributed by atoms with van der Waals surface area (Å²) < 4.78 is 0. The van der Waals surface area contributed by atoms with Crippen LogP contribution >= 0.6 is 0 Å². The van der Waals surface area contributed by atoms with Gasteiger partial charge in [-0.1, -0.05) is 30.3 Å². The maximum Gasteiger partial charge on any atom is 0.224 e. The van der Waals surface area contributed by atoms with E-state index in [9.17, 15) is 4.79 Å². The number of primary amides is 1. The van der Waals surface area contributed by atoms with E-state index in [2.05, 4.69) is 50.9 Å². The van der Waals surface area contributed by atoms with Gasteiger partial charge in [-0.25, -0.2) is 0 Å². The number of amides is 1. The predicted octanol–water partition coefficient (Wildman–Crippen LogP) is 1.72. The van der Waals surface area contributed by atoms with Crippen LogP contribution in [-0.2, 0) is 11.3 Å². The fourth-order valence-electron chi connectivity index (χ4n) is 3.06. The number of rotatable bonds is 8. The zero-order chi connectivity index (χ0) is 19.0. The van der Waals surface area contributed by atoms with Crippen LogP contribution in [0.4, 0.5) is 0 Å². The highest BCUT2D eigenvalue weighted by Crippen LogP contribution is 2.19. The summed E-state index contributed by atoms with van der Waals surface area (Å²) >= 11 is 0. The van der Waals surface area contributed by atoms with Crippen molar-refractivity contribution in [1.82, 2.24) is 15.5 Å². The van der Waals surface area contributed by atoms with Crippen molar-refractivity contribution in [1.29, 1.82) is 0 Å². The van der Waals surface area contributed by atoms with Gasteiger partial charge in [-0.15, -0.1) is 0 Å². The molecule has 1 amide bonds. The maximum absolute atomic E-state index is 11.5. The number of guanidine groups is 1. The Balaban J connectivity index is 1.91. The number of likely N-dealkylation sites (tertiary alicyclic amines) is 1. The first-order chi connectivity index (χ1) is 12.4. The van der Waals surface area contributed by atoms with Gasteiger partial charge in [0.2, 0.25) is 5.91 Å². The minimum atomic E-state index is -0.644. The number of carbonyl (C=O) groups is 1. The van der Waals surface area contributed by atoms with E-state index in [0.717, 1.165) is 32.1 Å². The van der Waals surface area contributed by atoms with Crippen molar-refractivity contribution < 1.29 is 4.79 Å². The Kier molecular flexibility index (Phi) is 7.45. The van der Waals surface area contributed by atoms with Crippen LogP contribution in [-0.4, -0.2) is 49.0 Å². The van der Waals surface area contributed by atoms with Crippen LogP contribution in [0.1, 0.15) is 39.2 Å². The molecular weight excluding hydrogens is 326 g/mol. The summed E-state index contributed by atoms with van der Waals surface area (Å²) in [6.45, 7) is 9.78. The van der Waals surface area contributed by atoms with Gasteiger partial charge < -0.3 is 16.4 Å². The maximum atomic E-state index is 11.5. The molecule has 1 aromatic rings. The van der Waals surface area contributed by atoms with Crippen molar-refractivity contribution in [3.05, 3.63) is 35.9 Å². The average molecular weight is 360 g/mol. The van der Waals surface area contributed by atoms with Gasteiger partial charge in [0, 0.05) is 25.7 Å². The van der Waals surface area contributed by atoms with Crippen molar-refractivity contribution in [3.63, 3.8) is 0 Å². The van der Waals surface area contributed by atoms with Gasteiger partial charge in [0.15, 0.2) is 5.96 Å². The van der Waals surface area contributed by atoms with Crippen molar-refractivity contribution >= 4 is 11.9 Å². The SMILES string of the molecule is CCNC(=NCC(C)(C)C(N)=O)NCC1CCCN1Cc1ccccc1. The van der Waals surface area contributed by atoms with E-state index < -0.39 is 5.41 Å². The standard InChI is InChI=1S/C20H33N5O/c1-4-22-19(24-15-20(2,3)18(21)26)23-13-17-11-8-12-25(17)14-16-9-6-5-7-10-16/h5-7,9-10,17H,4,8,11-15H2,1-3H3,(H2,21,26)(H2,22,23,24). The van der Waals surface area contributed by atoms with Gasteiger partial charge in [0.05, 0.1) is 12.0 Å². The summed E-state index contributed by atoms with van der Waals surface area (Å²) in [6, 6.07) is 11.1. The molecule has 1 heterocycles. The van der Waals surface area contributed by atoms with Gasteiger partial charge in [0.1, 0.15) is 0 Å². The Labute approximate surface area is 157 Å². The fraction of sp³-hybridized carbons (Fsp3) is 0.600. The van der Waals surface area contributed by atoms with Crippen LogP contribution in [0.25, 0.3) is 0 Å². The van der Waals surface area contributed by atoms with Crippen LogP contribution in [0.5, 0.6) is 0 Å². The number of carbonyl (C=O) groups excluding carboxylic acids is 1. The first kappa shape index (κ1) is 20.2. The van der Waals surface area contributed by atoms with Crippen LogP contribution in [0.15, 0.2) is 35.3 Å². The van der Waals surface area contributed by atoms with E-state index in [0.29, 0.717) is 12.6 Å². The largest absolute Gasteiger partial charge is 0.369 e. The number of hydrogen-bond acceptors (Lipinski definition) is 3. The van der Waals surface area contributed by atoms with Crippen molar-refractivity contribution in [3.8, 4) is 0 Å². The zero-order valence-corrected chi connectivity index (χ0v) is 16.3. The third-order valence-corrected chi connectivity index (χ3v) is 4.88. The van der Waals surface area contributed by atoms with Crippen molar-refractivity contribution in [2.45, 2.75) is 46.2 Å². The molecule has 1 aliphatic rings. The summed E-state index contributed by atoms with van der Waals surface area (Å²) in [5.74, 6) is 0.412. The quantitative estimate of drug-likeness (QED) is 0.487. The summed E-state index contributed by atoms with van der Waals surface area (Å²) in [6.07, 6.45) is 2.41. The van der Waals surface area contributed by atoms with Gasteiger partial charge in [-0.2, -0.15) is 0 Å². The molecule has 0 aromatic heterocycles. The van der Waals surface area contributed by atoms with Gasteiger partial charge >= 0.3 is 0 Å². The molecule has 1 aromatic carbocycles. The van der Waals surface area contributed by atoms with E-state index in [4.69, 9.17) is 5.73 Å². The van der Waals surface area contributed by atoms with E-state index in [1.54, 1.807) is 0 Å². The summed E-state index contributed by atoms with van der Waals surface area (Å²) in [7, 11) is 0. The van der Waals surface area contributed by atoms with Gasteiger partial charge in [-0.3, -0.25) is 14.7 Å². The van der Waals surface area contributed by atoms with Gasteiger partial charge in [0.25, 0.3) is 0 Å². The van der Waals surface area contributed by atoms with E-state index in [-0.39, 0.29) is 5.91 Å². The predicted molar refractivity (Wildman–Crippen MR) is 107 cm³/mol. The van der Waals surface area contributed by atoms with Crippen molar-refractivity contribution in [2.24, 2.45) is 16.1 Å². The monoisotopic (exact) mass is 359 g/mol. The second-order valence-electron chi connectivity index (χ2n) is 7.58. The Morgan fingerprint density at radius 3 is 2.69 bits per heavy atom. The number of aliphatic imine (C=N–C) groups is 1. The van der Waals surface area contributed by atoms with Crippen LogP contribution in [0.3, 0.4) is 0 Å². The molecule has 1 aliphatic heterocycles. The summed E-state index contributed by atoms with van der Waals surface area (Å²) in [4.78, 5) is 18.6. The zero-order valence-electron chi connectivity index (χ0n) is 16.3. The number of benzene rings is 1. The lowest BCUT2D eigenvalue weighted by atomic mass is 9.93. The smallest absolute Gasteiger partial charge is 0.224 e. The highest BCUT2D eigenvalue weighted by molar-refractivity contribution is 5.82. The number of nitrogens with one attached hydrogen (secondary N) is 2. The average Bonchev–Trinajstić information content (AvgIpc) is 3.05. The molecule has 1 fully saturated rings.